The van der Waals surface area contributed by atoms with Crippen LogP contribution >= 0.6 is 0 Å². The van der Waals surface area contributed by atoms with E-state index in [0.29, 0.717) is 13.1 Å². The van der Waals surface area contributed by atoms with Gasteiger partial charge in [-0.15, -0.1) is 0 Å². The maximum atomic E-state index is 13.2. The molecule has 0 bridgehead atoms. The van der Waals surface area contributed by atoms with Gasteiger partial charge in [0.2, 0.25) is 12.4 Å². The maximum absolute atomic E-state index is 13.2. The van der Waals surface area contributed by atoms with E-state index in [1.165, 1.54) is 24.5 Å². The molecule has 0 atom stereocenters. The van der Waals surface area contributed by atoms with Crippen LogP contribution in [0.5, 0.6) is 0 Å². The first-order chi connectivity index (χ1) is 10.7. The summed E-state index contributed by atoms with van der Waals surface area (Å²) in [4.78, 5) is 0. The number of hydrogen-bond acceptors (Lipinski definition) is 0. The molecule has 0 aliphatic heterocycles. The Bertz CT molecular complexity index is 713. The number of aromatic nitrogens is 2. The van der Waals surface area contributed by atoms with Crippen molar-refractivity contribution in [3.63, 3.8) is 0 Å². The maximum Gasteiger partial charge on any atom is 0.205 e. The van der Waals surface area contributed by atoms with Crippen LogP contribution in [0.3, 0.4) is 0 Å². The minimum atomic E-state index is -0.248. The molecule has 0 saturated carbocycles. The molecule has 0 amide bonds. The Labute approximate surface area is 174 Å². The molecule has 3 rings (SSSR count). The van der Waals surface area contributed by atoms with Crippen molar-refractivity contribution >= 4 is 0 Å². The summed E-state index contributed by atoms with van der Waals surface area (Å²) in [5, 5.41) is 0. The van der Waals surface area contributed by atoms with Crippen LogP contribution in [-0.2, 0) is 13.1 Å². The average Bonchev–Trinajstić information content (AvgIpc) is 2.49. The van der Waals surface area contributed by atoms with E-state index in [9.17, 15) is 8.78 Å². The van der Waals surface area contributed by atoms with Gasteiger partial charge in [-0.2, -0.15) is 9.13 Å². The molecule has 2 aromatic heterocycles. The Morgan fingerprint density at radius 3 is 1.33 bits per heavy atom. The third-order valence-electron chi connectivity index (χ3n) is 3.40. The lowest BCUT2D eigenvalue weighted by molar-refractivity contribution is -0.690. The van der Waals surface area contributed by atoms with E-state index in [1.54, 1.807) is 21.3 Å². The van der Waals surface area contributed by atoms with Crippen molar-refractivity contribution in [3.8, 4) is 0 Å². The first-order valence-corrected chi connectivity index (χ1v) is 7.06. The molecule has 3 aromatic rings. The van der Waals surface area contributed by atoms with Crippen molar-refractivity contribution < 1.29 is 65.9 Å². The van der Waals surface area contributed by atoms with Crippen molar-refractivity contribution in [3.05, 3.63) is 96.1 Å². The zero-order valence-electron chi connectivity index (χ0n) is 12.7. The summed E-state index contributed by atoms with van der Waals surface area (Å²) >= 11 is 0. The van der Waals surface area contributed by atoms with Gasteiger partial charge >= 0.3 is 0 Å². The lowest BCUT2D eigenvalue weighted by Gasteiger charge is -2.01. The van der Waals surface area contributed by atoms with E-state index >= 15 is 0 Å². The Morgan fingerprint density at radius 1 is 0.625 bits per heavy atom. The highest BCUT2D eigenvalue weighted by Crippen LogP contribution is 2.04. The largest absolute Gasteiger partial charge is 1.00 e. The van der Waals surface area contributed by atoms with Crippen molar-refractivity contribution in [1.29, 1.82) is 0 Å². The molecule has 2 heterocycles. The van der Waals surface area contributed by atoms with E-state index in [2.05, 4.69) is 0 Å². The molecule has 2 nitrogen and oxygen atoms in total. The molecule has 0 aliphatic carbocycles. The van der Waals surface area contributed by atoms with E-state index in [0.717, 1.165) is 11.1 Å². The van der Waals surface area contributed by atoms with Crippen LogP contribution in [0.15, 0.2) is 73.3 Å². The van der Waals surface area contributed by atoms with Gasteiger partial charge in [0.1, 0.15) is 0 Å². The summed E-state index contributed by atoms with van der Waals surface area (Å²) in [5.41, 5.74) is 2.17. The zero-order chi connectivity index (χ0) is 15.4. The van der Waals surface area contributed by atoms with Crippen LogP contribution in [0.25, 0.3) is 0 Å². The van der Waals surface area contributed by atoms with Crippen molar-refractivity contribution in [2.24, 2.45) is 0 Å². The standard InChI is InChI=1S/C18H16F2N2.2HI/c19-17-3-1-9-21(13-17)11-15-5-7-16(8-6-15)12-22-10-2-4-18(20)14-22;;/h1-10,13-14H,11-12H2;2*1H/q+2;;/p-2. The Balaban J connectivity index is 0.00000144. The minimum absolute atomic E-state index is 0. The van der Waals surface area contributed by atoms with E-state index < -0.39 is 0 Å². The van der Waals surface area contributed by atoms with Gasteiger partial charge in [-0.1, -0.05) is 24.3 Å². The number of halogens is 4. The number of pyridine rings is 2. The first kappa shape index (κ1) is 20.9. The summed E-state index contributed by atoms with van der Waals surface area (Å²) in [6.45, 7) is 1.23. The van der Waals surface area contributed by atoms with Crippen LogP contribution in [0, 0.1) is 11.6 Å². The fraction of sp³-hybridized carbons (Fsp3) is 0.111. The fourth-order valence-electron chi connectivity index (χ4n) is 2.35. The normalized spacial score (nSPS) is 9.75. The molecule has 0 radical (unpaired) electrons. The highest BCUT2D eigenvalue weighted by atomic mass is 127. The molecule has 0 N–H and O–H groups in total. The van der Waals surface area contributed by atoms with E-state index in [-0.39, 0.29) is 59.6 Å². The zero-order valence-corrected chi connectivity index (χ0v) is 17.1. The smallest absolute Gasteiger partial charge is 0.205 e. The van der Waals surface area contributed by atoms with Crippen LogP contribution in [0.1, 0.15) is 11.1 Å². The number of nitrogens with zero attached hydrogens (tertiary/aromatic N) is 2. The van der Waals surface area contributed by atoms with Gasteiger partial charge in [-0.25, -0.2) is 8.78 Å². The van der Waals surface area contributed by atoms with Gasteiger partial charge in [-0.05, 0) is 12.1 Å². The van der Waals surface area contributed by atoms with Crippen LogP contribution in [-0.4, -0.2) is 0 Å². The first-order valence-electron chi connectivity index (χ1n) is 7.06. The summed E-state index contributed by atoms with van der Waals surface area (Å²) in [5.74, 6) is -0.497. The molecular weight excluding hydrogens is 536 g/mol. The third-order valence-corrected chi connectivity index (χ3v) is 3.40. The molecule has 126 valence electrons. The quantitative estimate of drug-likeness (QED) is 0.237. The molecule has 0 spiro atoms. The average molecular weight is 552 g/mol. The summed E-state index contributed by atoms with van der Waals surface area (Å²) in [6.07, 6.45) is 6.60. The van der Waals surface area contributed by atoms with Gasteiger partial charge in [0.05, 0.1) is 0 Å². The molecule has 0 fully saturated rings. The van der Waals surface area contributed by atoms with Crippen molar-refractivity contribution in [2.75, 3.05) is 0 Å². The predicted molar refractivity (Wildman–Crippen MR) is 77.8 cm³/mol. The molecule has 0 aliphatic rings. The number of hydrogen-bond donors (Lipinski definition) is 0. The van der Waals surface area contributed by atoms with Crippen LogP contribution in [0.2, 0.25) is 0 Å². The predicted octanol–water partition coefficient (Wildman–Crippen LogP) is -3.36. The number of benzene rings is 1. The molecule has 6 heteroatoms. The molecule has 1 aromatic carbocycles. The van der Waals surface area contributed by atoms with E-state index in [4.69, 9.17) is 0 Å². The molecule has 0 saturated heterocycles. The monoisotopic (exact) mass is 552 g/mol. The van der Waals surface area contributed by atoms with E-state index in [1.807, 2.05) is 36.7 Å². The number of rotatable bonds is 4. The Morgan fingerprint density at radius 2 is 1.00 bits per heavy atom. The van der Waals surface area contributed by atoms with Crippen molar-refractivity contribution in [2.45, 2.75) is 13.1 Å². The van der Waals surface area contributed by atoms with Gasteiger partial charge in [0, 0.05) is 23.3 Å². The van der Waals surface area contributed by atoms with Gasteiger partial charge in [-0.3, -0.25) is 0 Å². The summed E-state index contributed by atoms with van der Waals surface area (Å²) in [6, 6.07) is 14.3. The fourth-order valence-corrected chi connectivity index (χ4v) is 2.35. The molecule has 24 heavy (non-hydrogen) atoms. The topological polar surface area (TPSA) is 7.76 Å². The lowest BCUT2D eigenvalue weighted by Crippen LogP contribution is -3.00. The highest BCUT2D eigenvalue weighted by Gasteiger charge is 2.07. The molecular formula is C18H16F2I2N2. The molecule has 0 unspecified atom stereocenters. The second kappa shape index (κ2) is 9.97. The second-order valence-electron chi connectivity index (χ2n) is 5.21. The van der Waals surface area contributed by atoms with Gasteiger partial charge in [0.25, 0.3) is 0 Å². The lowest BCUT2D eigenvalue weighted by atomic mass is 10.1. The van der Waals surface area contributed by atoms with Crippen molar-refractivity contribution in [1.82, 2.24) is 0 Å². The van der Waals surface area contributed by atoms with Gasteiger partial charge < -0.3 is 48.0 Å². The van der Waals surface area contributed by atoms with Gasteiger partial charge in [0.15, 0.2) is 37.1 Å². The Kier molecular flexibility index (Phi) is 8.68. The highest BCUT2D eigenvalue weighted by molar-refractivity contribution is 5.21. The van der Waals surface area contributed by atoms with Crippen LogP contribution < -0.4 is 57.1 Å². The summed E-state index contributed by atoms with van der Waals surface area (Å²) in [7, 11) is 0. The summed E-state index contributed by atoms with van der Waals surface area (Å²) < 4.78 is 29.9. The third kappa shape index (κ3) is 6.04. The SMILES string of the molecule is Fc1ccc[n+](Cc2ccc(C[n+]3cccc(F)c3)cc2)c1.[I-].[I-]. The Hall–Kier alpha value is -1.16. The van der Waals surface area contributed by atoms with Crippen LogP contribution in [0.4, 0.5) is 8.78 Å². The minimum Gasteiger partial charge on any atom is -1.00 e. The second-order valence-corrected chi connectivity index (χ2v) is 5.21.